The van der Waals surface area contributed by atoms with E-state index in [9.17, 15) is 0 Å². The molecule has 0 saturated carbocycles. The predicted molar refractivity (Wildman–Crippen MR) is 82.1 cm³/mol. The van der Waals surface area contributed by atoms with Gasteiger partial charge >= 0.3 is 0 Å². The van der Waals surface area contributed by atoms with Gasteiger partial charge in [-0.2, -0.15) is 0 Å². The van der Waals surface area contributed by atoms with Crippen LogP contribution in [0.25, 0.3) is 11.0 Å². The fourth-order valence-corrected chi connectivity index (χ4v) is 2.36. The van der Waals surface area contributed by atoms with Gasteiger partial charge in [-0.05, 0) is 23.8 Å². The fourth-order valence-electron chi connectivity index (χ4n) is 2.36. The molecule has 3 aromatic rings. The van der Waals surface area contributed by atoms with Crippen molar-refractivity contribution in [3.05, 3.63) is 59.9 Å². The lowest BCUT2D eigenvalue weighted by Crippen LogP contribution is -2.16. The zero-order chi connectivity index (χ0) is 13.9. The predicted octanol–water partition coefficient (Wildman–Crippen LogP) is 2.45. The van der Waals surface area contributed by atoms with Gasteiger partial charge in [0, 0.05) is 19.3 Å². The highest BCUT2D eigenvalue weighted by Crippen LogP contribution is 2.14. The van der Waals surface area contributed by atoms with Gasteiger partial charge in [-0.25, -0.2) is 4.98 Å². The molecule has 0 aliphatic rings. The van der Waals surface area contributed by atoms with Crippen LogP contribution in [0.2, 0.25) is 0 Å². The van der Waals surface area contributed by atoms with Gasteiger partial charge in [-0.3, -0.25) is 0 Å². The molecule has 3 rings (SSSR count). The van der Waals surface area contributed by atoms with E-state index in [-0.39, 0.29) is 0 Å². The molecule has 0 saturated heterocycles. The number of anilines is 1. The van der Waals surface area contributed by atoms with Gasteiger partial charge in [0.25, 0.3) is 0 Å². The quantitative estimate of drug-likeness (QED) is 0.713. The van der Waals surface area contributed by atoms with Crippen LogP contribution in [0.4, 0.5) is 5.69 Å². The van der Waals surface area contributed by atoms with Crippen LogP contribution in [0.1, 0.15) is 11.4 Å². The lowest BCUT2D eigenvalue weighted by Gasteiger charge is -2.07. The molecule has 102 valence electrons. The summed E-state index contributed by atoms with van der Waals surface area (Å²) >= 11 is 0. The summed E-state index contributed by atoms with van der Waals surface area (Å²) in [5, 5.41) is 3.40. The fraction of sp³-hybridized carbons (Fsp3) is 0.188. The molecular formula is C16H18N4. The van der Waals surface area contributed by atoms with Gasteiger partial charge < -0.3 is 15.6 Å². The summed E-state index contributed by atoms with van der Waals surface area (Å²) in [4.78, 5) is 4.64. The van der Waals surface area contributed by atoms with E-state index in [1.54, 1.807) is 0 Å². The lowest BCUT2D eigenvalue weighted by molar-refractivity contribution is 0.644. The minimum absolute atomic E-state index is 0.722. The molecule has 0 radical (unpaired) electrons. The van der Waals surface area contributed by atoms with Crippen LogP contribution in [-0.4, -0.2) is 9.55 Å². The molecule has 1 aromatic heterocycles. The first-order chi connectivity index (χ1) is 9.75. The Kier molecular flexibility index (Phi) is 3.39. The third-order valence-electron chi connectivity index (χ3n) is 3.53. The van der Waals surface area contributed by atoms with E-state index in [0.29, 0.717) is 0 Å². The number of nitrogens with zero attached hydrogens (tertiary/aromatic N) is 2. The second-order valence-corrected chi connectivity index (χ2v) is 4.88. The zero-order valence-corrected chi connectivity index (χ0v) is 11.5. The average Bonchev–Trinajstić information content (AvgIpc) is 2.78. The molecule has 20 heavy (non-hydrogen) atoms. The Labute approximate surface area is 118 Å². The molecule has 4 heteroatoms. The monoisotopic (exact) mass is 266 g/mol. The second-order valence-electron chi connectivity index (χ2n) is 4.88. The molecular weight excluding hydrogens is 248 g/mol. The van der Waals surface area contributed by atoms with Crippen LogP contribution < -0.4 is 11.1 Å². The Balaban J connectivity index is 1.71. The first-order valence-corrected chi connectivity index (χ1v) is 6.70. The van der Waals surface area contributed by atoms with Crippen molar-refractivity contribution in [2.75, 3.05) is 5.73 Å². The maximum absolute atomic E-state index is 5.93. The second kappa shape index (κ2) is 5.35. The number of rotatable bonds is 4. The van der Waals surface area contributed by atoms with E-state index < -0.39 is 0 Å². The number of aromatic nitrogens is 2. The number of nitrogens with one attached hydrogen (secondary N) is 1. The third-order valence-corrected chi connectivity index (χ3v) is 3.53. The first-order valence-electron chi connectivity index (χ1n) is 6.70. The van der Waals surface area contributed by atoms with E-state index in [1.165, 1.54) is 0 Å². The summed E-state index contributed by atoms with van der Waals surface area (Å²) in [6.45, 7) is 1.47. The van der Waals surface area contributed by atoms with Crippen molar-refractivity contribution in [2.45, 2.75) is 13.1 Å². The van der Waals surface area contributed by atoms with E-state index in [4.69, 9.17) is 5.73 Å². The normalized spacial score (nSPS) is 11.1. The molecule has 0 fully saturated rings. The molecule has 0 aliphatic carbocycles. The minimum Gasteiger partial charge on any atom is -0.398 e. The van der Waals surface area contributed by atoms with Crippen molar-refractivity contribution in [3.63, 3.8) is 0 Å². The Morgan fingerprint density at radius 1 is 1.05 bits per heavy atom. The highest BCUT2D eigenvalue weighted by atomic mass is 15.1. The van der Waals surface area contributed by atoms with Crippen molar-refractivity contribution in [1.29, 1.82) is 0 Å². The van der Waals surface area contributed by atoms with E-state index in [1.807, 2.05) is 49.5 Å². The van der Waals surface area contributed by atoms with Crippen molar-refractivity contribution in [3.8, 4) is 0 Å². The Morgan fingerprint density at radius 2 is 1.80 bits per heavy atom. The zero-order valence-electron chi connectivity index (χ0n) is 11.5. The topological polar surface area (TPSA) is 55.9 Å². The standard InChI is InChI=1S/C16H18N4/c1-20-15-9-5-4-8-14(15)19-16(20)11-18-10-12-6-2-3-7-13(12)17/h2-9,18H,10-11,17H2,1H3. The molecule has 1 heterocycles. The number of aryl methyl sites for hydroxylation is 1. The van der Waals surface area contributed by atoms with Crippen LogP contribution in [-0.2, 0) is 20.1 Å². The Hall–Kier alpha value is -2.33. The smallest absolute Gasteiger partial charge is 0.123 e. The highest BCUT2D eigenvalue weighted by Gasteiger charge is 2.06. The summed E-state index contributed by atoms with van der Waals surface area (Å²) in [6, 6.07) is 16.1. The molecule has 0 spiro atoms. The summed E-state index contributed by atoms with van der Waals surface area (Å²) in [7, 11) is 2.04. The third kappa shape index (κ3) is 2.38. The molecule has 3 N–H and O–H groups in total. The minimum atomic E-state index is 0.722. The molecule has 0 aliphatic heterocycles. The summed E-state index contributed by atoms with van der Waals surface area (Å²) < 4.78 is 2.12. The van der Waals surface area contributed by atoms with Crippen molar-refractivity contribution < 1.29 is 0 Å². The van der Waals surface area contributed by atoms with Gasteiger partial charge in [-0.15, -0.1) is 0 Å². The lowest BCUT2D eigenvalue weighted by atomic mass is 10.2. The van der Waals surface area contributed by atoms with Gasteiger partial charge in [0.1, 0.15) is 5.82 Å². The van der Waals surface area contributed by atoms with Crippen molar-refractivity contribution in [2.24, 2.45) is 7.05 Å². The Morgan fingerprint density at radius 3 is 2.60 bits per heavy atom. The highest BCUT2D eigenvalue weighted by molar-refractivity contribution is 5.75. The van der Waals surface area contributed by atoms with Crippen molar-refractivity contribution >= 4 is 16.7 Å². The maximum Gasteiger partial charge on any atom is 0.123 e. The SMILES string of the molecule is Cn1c(CNCc2ccccc2N)nc2ccccc21. The molecule has 0 atom stereocenters. The van der Waals surface area contributed by atoms with Crippen LogP contribution in [0.15, 0.2) is 48.5 Å². The number of nitrogen functional groups attached to an aromatic ring is 1. The number of hydrogen-bond donors (Lipinski definition) is 2. The van der Waals surface area contributed by atoms with Crippen LogP contribution in [0.3, 0.4) is 0 Å². The van der Waals surface area contributed by atoms with Crippen LogP contribution in [0, 0.1) is 0 Å². The summed E-state index contributed by atoms with van der Waals surface area (Å²) in [5.74, 6) is 1.03. The van der Waals surface area contributed by atoms with Crippen LogP contribution in [0.5, 0.6) is 0 Å². The number of imidazole rings is 1. The molecule has 0 amide bonds. The molecule has 4 nitrogen and oxygen atoms in total. The van der Waals surface area contributed by atoms with Gasteiger partial charge in [0.05, 0.1) is 17.6 Å². The molecule has 0 bridgehead atoms. The molecule has 2 aromatic carbocycles. The number of nitrogens with two attached hydrogens (primary N) is 1. The molecule has 0 unspecified atom stereocenters. The number of para-hydroxylation sites is 3. The number of hydrogen-bond acceptors (Lipinski definition) is 3. The number of benzene rings is 2. The van der Waals surface area contributed by atoms with E-state index >= 15 is 0 Å². The number of fused-ring (bicyclic) bond motifs is 1. The van der Waals surface area contributed by atoms with Crippen LogP contribution >= 0.6 is 0 Å². The van der Waals surface area contributed by atoms with Gasteiger partial charge in [0.2, 0.25) is 0 Å². The largest absolute Gasteiger partial charge is 0.398 e. The van der Waals surface area contributed by atoms with E-state index in [2.05, 4.69) is 20.9 Å². The maximum atomic E-state index is 5.93. The van der Waals surface area contributed by atoms with Gasteiger partial charge in [0.15, 0.2) is 0 Å². The Bertz CT molecular complexity index is 730. The van der Waals surface area contributed by atoms with Gasteiger partial charge in [-0.1, -0.05) is 30.3 Å². The summed E-state index contributed by atoms with van der Waals surface area (Å²) in [6.07, 6.45) is 0. The first kappa shape index (κ1) is 12.7. The van der Waals surface area contributed by atoms with Crippen molar-refractivity contribution in [1.82, 2.24) is 14.9 Å². The average molecular weight is 266 g/mol. The summed E-state index contributed by atoms with van der Waals surface area (Å²) in [5.41, 5.74) is 10.1. The van der Waals surface area contributed by atoms with E-state index in [0.717, 1.165) is 41.2 Å².